The topological polar surface area (TPSA) is 47.6 Å². The number of carbonyl (C=O) groups is 1. The zero-order chi connectivity index (χ0) is 14.5. The zero-order valence-electron chi connectivity index (χ0n) is 12.4. The molecule has 4 nitrogen and oxygen atoms in total. The zero-order valence-corrected chi connectivity index (χ0v) is 12.4. The van der Waals surface area contributed by atoms with Crippen molar-refractivity contribution < 1.29 is 14.3 Å². The van der Waals surface area contributed by atoms with Gasteiger partial charge >= 0.3 is 5.97 Å². The molecule has 0 bridgehead atoms. The highest BCUT2D eigenvalue weighted by atomic mass is 16.5. The molecule has 1 fully saturated rings. The number of aryl methyl sites for hydroxylation is 2. The highest BCUT2D eigenvalue weighted by Gasteiger charge is 2.24. The number of hydrogen-bond acceptors (Lipinski definition) is 4. The Hall–Kier alpha value is -1.39. The molecule has 0 radical (unpaired) electrons. The third kappa shape index (κ3) is 3.81. The molecule has 2 unspecified atom stereocenters. The maximum Gasteiger partial charge on any atom is 0.327 e. The summed E-state index contributed by atoms with van der Waals surface area (Å²) in [4.78, 5) is 12.0. The minimum Gasteiger partial charge on any atom is -0.468 e. The predicted octanol–water partition coefficient (Wildman–Crippen LogP) is 2.29. The normalized spacial score (nSPS) is 19.9. The third-order valence-electron chi connectivity index (χ3n) is 3.59. The lowest BCUT2D eigenvalue weighted by Crippen LogP contribution is -2.35. The fraction of sp³-hybridized carbons (Fsp3) is 0.562. The first kappa shape index (κ1) is 15.0. The number of hydrogen-bond donors (Lipinski definition) is 1. The SMILES string of the molecule is COC(=O)C(NCC1CCCO1)c1cc(C)cc(C)c1. The van der Waals surface area contributed by atoms with Gasteiger partial charge in [0.25, 0.3) is 0 Å². The molecule has 1 aromatic rings. The molecule has 0 aromatic heterocycles. The largest absolute Gasteiger partial charge is 0.468 e. The summed E-state index contributed by atoms with van der Waals surface area (Å²) in [6.07, 6.45) is 2.35. The van der Waals surface area contributed by atoms with Crippen LogP contribution in [0.4, 0.5) is 0 Å². The van der Waals surface area contributed by atoms with E-state index < -0.39 is 6.04 Å². The number of esters is 1. The van der Waals surface area contributed by atoms with Crippen molar-refractivity contribution in [2.75, 3.05) is 20.3 Å². The fourth-order valence-electron chi connectivity index (χ4n) is 2.69. The van der Waals surface area contributed by atoms with E-state index in [-0.39, 0.29) is 12.1 Å². The maximum absolute atomic E-state index is 12.0. The van der Waals surface area contributed by atoms with Crippen LogP contribution in [0, 0.1) is 13.8 Å². The quantitative estimate of drug-likeness (QED) is 0.839. The molecule has 1 N–H and O–H groups in total. The smallest absolute Gasteiger partial charge is 0.327 e. The molecule has 4 heteroatoms. The summed E-state index contributed by atoms with van der Waals surface area (Å²) in [7, 11) is 1.42. The van der Waals surface area contributed by atoms with E-state index in [1.54, 1.807) is 0 Å². The molecule has 20 heavy (non-hydrogen) atoms. The lowest BCUT2D eigenvalue weighted by Gasteiger charge is -2.20. The van der Waals surface area contributed by atoms with E-state index >= 15 is 0 Å². The molecule has 0 aliphatic carbocycles. The van der Waals surface area contributed by atoms with Gasteiger partial charge in [0, 0.05) is 13.2 Å². The minimum absolute atomic E-state index is 0.202. The van der Waals surface area contributed by atoms with E-state index in [1.807, 2.05) is 26.0 Å². The molecule has 0 saturated carbocycles. The van der Waals surface area contributed by atoms with Gasteiger partial charge in [0.15, 0.2) is 0 Å². The summed E-state index contributed by atoms with van der Waals surface area (Å²) in [6, 6.07) is 5.72. The molecule has 2 atom stereocenters. The Bertz CT molecular complexity index is 447. The second-order valence-electron chi connectivity index (χ2n) is 5.42. The first-order chi connectivity index (χ1) is 9.60. The van der Waals surface area contributed by atoms with Crippen molar-refractivity contribution in [1.29, 1.82) is 0 Å². The second kappa shape index (κ2) is 6.86. The van der Waals surface area contributed by atoms with Gasteiger partial charge in [0.1, 0.15) is 6.04 Å². The van der Waals surface area contributed by atoms with Crippen molar-refractivity contribution in [3.63, 3.8) is 0 Å². The molecule has 1 aromatic carbocycles. The van der Waals surface area contributed by atoms with Crippen LogP contribution in [0.1, 0.15) is 35.6 Å². The van der Waals surface area contributed by atoms with Gasteiger partial charge in [-0.1, -0.05) is 29.3 Å². The molecule has 1 heterocycles. The average Bonchev–Trinajstić information content (AvgIpc) is 2.90. The number of benzene rings is 1. The molecular weight excluding hydrogens is 254 g/mol. The number of ether oxygens (including phenoxy) is 2. The van der Waals surface area contributed by atoms with Crippen LogP contribution in [0.25, 0.3) is 0 Å². The van der Waals surface area contributed by atoms with E-state index in [4.69, 9.17) is 9.47 Å². The first-order valence-corrected chi connectivity index (χ1v) is 7.11. The van der Waals surface area contributed by atoms with Crippen LogP contribution in [0.5, 0.6) is 0 Å². The number of methoxy groups -OCH3 is 1. The van der Waals surface area contributed by atoms with Crippen LogP contribution in [0.15, 0.2) is 18.2 Å². The Morgan fingerprint density at radius 1 is 1.40 bits per heavy atom. The van der Waals surface area contributed by atoms with Crippen LogP contribution < -0.4 is 5.32 Å². The van der Waals surface area contributed by atoms with Gasteiger partial charge in [-0.05, 0) is 32.3 Å². The lowest BCUT2D eigenvalue weighted by atomic mass is 10.0. The van der Waals surface area contributed by atoms with Gasteiger partial charge in [-0.2, -0.15) is 0 Å². The minimum atomic E-state index is -0.428. The van der Waals surface area contributed by atoms with E-state index in [0.717, 1.165) is 36.1 Å². The summed E-state index contributed by atoms with van der Waals surface area (Å²) >= 11 is 0. The highest BCUT2D eigenvalue weighted by molar-refractivity contribution is 5.77. The van der Waals surface area contributed by atoms with Crippen LogP contribution >= 0.6 is 0 Å². The van der Waals surface area contributed by atoms with Gasteiger partial charge in [0.05, 0.1) is 13.2 Å². The van der Waals surface area contributed by atoms with Crippen LogP contribution in [-0.2, 0) is 14.3 Å². The molecule has 1 aliphatic heterocycles. The van der Waals surface area contributed by atoms with Crippen molar-refractivity contribution in [1.82, 2.24) is 5.32 Å². The Morgan fingerprint density at radius 3 is 2.65 bits per heavy atom. The highest BCUT2D eigenvalue weighted by Crippen LogP contribution is 2.19. The maximum atomic E-state index is 12.0. The van der Waals surface area contributed by atoms with Crippen molar-refractivity contribution >= 4 is 5.97 Å². The molecule has 1 aliphatic rings. The van der Waals surface area contributed by atoms with Crippen LogP contribution in [0.3, 0.4) is 0 Å². The standard InChI is InChI=1S/C16H23NO3/c1-11-7-12(2)9-13(8-11)15(16(18)19-3)17-10-14-5-4-6-20-14/h7-9,14-15,17H,4-6,10H2,1-3H3. The molecule has 0 amide bonds. The Balaban J connectivity index is 2.11. The van der Waals surface area contributed by atoms with Gasteiger partial charge in [-0.3, -0.25) is 5.32 Å². The molecule has 110 valence electrons. The van der Waals surface area contributed by atoms with Gasteiger partial charge in [-0.15, -0.1) is 0 Å². The molecular formula is C16H23NO3. The average molecular weight is 277 g/mol. The number of carbonyl (C=O) groups excluding carboxylic acids is 1. The van der Waals surface area contributed by atoms with Crippen molar-refractivity contribution in [2.45, 2.75) is 38.8 Å². The lowest BCUT2D eigenvalue weighted by molar-refractivity contribution is -0.143. The van der Waals surface area contributed by atoms with Gasteiger partial charge in [-0.25, -0.2) is 4.79 Å². The monoisotopic (exact) mass is 277 g/mol. The molecule has 1 saturated heterocycles. The van der Waals surface area contributed by atoms with Gasteiger partial charge < -0.3 is 9.47 Å². The van der Waals surface area contributed by atoms with Crippen LogP contribution in [0.2, 0.25) is 0 Å². The fourth-order valence-corrected chi connectivity index (χ4v) is 2.69. The number of rotatable bonds is 5. The molecule has 0 spiro atoms. The van der Waals surface area contributed by atoms with Crippen molar-refractivity contribution in [2.24, 2.45) is 0 Å². The Morgan fingerprint density at radius 2 is 2.10 bits per heavy atom. The summed E-state index contributed by atoms with van der Waals surface area (Å²) in [6.45, 7) is 5.56. The number of nitrogens with one attached hydrogen (secondary N) is 1. The van der Waals surface area contributed by atoms with E-state index in [0.29, 0.717) is 6.54 Å². The Labute approximate surface area is 120 Å². The van der Waals surface area contributed by atoms with Gasteiger partial charge in [0.2, 0.25) is 0 Å². The second-order valence-corrected chi connectivity index (χ2v) is 5.42. The van der Waals surface area contributed by atoms with E-state index in [1.165, 1.54) is 7.11 Å². The summed E-state index contributed by atoms with van der Waals surface area (Å²) in [5.74, 6) is -0.256. The van der Waals surface area contributed by atoms with E-state index in [9.17, 15) is 4.79 Å². The Kier molecular flexibility index (Phi) is 5.15. The van der Waals surface area contributed by atoms with Crippen LogP contribution in [-0.4, -0.2) is 32.3 Å². The van der Waals surface area contributed by atoms with Crippen molar-refractivity contribution in [3.05, 3.63) is 34.9 Å². The summed E-state index contributed by atoms with van der Waals surface area (Å²) < 4.78 is 10.5. The van der Waals surface area contributed by atoms with E-state index in [2.05, 4.69) is 11.4 Å². The molecule has 2 rings (SSSR count). The predicted molar refractivity (Wildman–Crippen MR) is 77.6 cm³/mol. The third-order valence-corrected chi connectivity index (χ3v) is 3.59. The first-order valence-electron chi connectivity index (χ1n) is 7.11. The summed E-state index contributed by atoms with van der Waals surface area (Å²) in [5, 5.41) is 3.28. The summed E-state index contributed by atoms with van der Waals surface area (Å²) in [5.41, 5.74) is 3.24. The van der Waals surface area contributed by atoms with Crippen molar-refractivity contribution in [3.8, 4) is 0 Å².